The molecular weight excluding hydrogens is 282 g/mol. The van der Waals surface area contributed by atoms with Gasteiger partial charge >= 0.3 is 0 Å². The molecule has 2 N–H and O–H groups in total. The molecular formula is C15H19N5O2. The summed E-state index contributed by atoms with van der Waals surface area (Å²) in [5, 5.41) is 14.1. The molecule has 1 aliphatic heterocycles. The van der Waals surface area contributed by atoms with Gasteiger partial charge in [-0.05, 0) is 33.4 Å². The number of hydrogen-bond acceptors (Lipinski definition) is 5. The molecule has 0 spiro atoms. The summed E-state index contributed by atoms with van der Waals surface area (Å²) in [6, 6.07) is -0.203. The average Bonchev–Trinajstić information content (AvgIpc) is 3.17. The van der Waals surface area contributed by atoms with Crippen LogP contribution in [0.4, 0.5) is 5.69 Å². The van der Waals surface area contributed by atoms with Gasteiger partial charge in [0.1, 0.15) is 11.8 Å². The molecule has 0 fully saturated rings. The molecule has 0 saturated carbocycles. The van der Waals surface area contributed by atoms with E-state index in [0.29, 0.717) is 12.2 Å². The van der Waals surface area contributed by atoms with Crippen molar-refractivity contribution in [2.45, 2.75) is 39.8 Å². The smallest absolute Gasteiger partial charge is 0.247 e. The fourth-order valence-corrected chi connectivity index (χ4v) is 2.48. The Morgan fingerprint density at radius 2 is 2.32 bits per heavy atom. The van der Waals surface area contributed by atoms with E-state index in [0.717, 1.165) is 23.4 Å². The molecule has 3 heterocycles. The average molecular weight is 301 g/mol. The number of nitrogens with zero attached hydrogens (tertiary/aromatic N) is 3. The van der Waals surface area contributed by atoms with Crippen molar-refractivity contribution in [2.75, 3.05) is 5.32 Å². The van der Waals surface area contributed by atoms with Gasteiger partial charge in [-0.3, -0.25) is 9.48 Å². The van der Waals surface area contributed by atoms with Gasteiger partial charge in [-0.1, -0.05) is 10.7 Å². The van der Waals surface area contributed by atoms with Gasteiger partial charge in [0.2, 0.25) is 5.91 Å². The number of anilines is 1. The van der Waals surface area contributed by atoms with Gasteiger partial charge in [0.25, 0.3) is 0 Å². The molecule has 0 radical (unpaired) electrons. The standard InChI is InChI=1S/C15H19N5O2/c1-9-4-14(16-5-9)15(21)18-12-6-17-20(7-12)8-13-10(2)19-22-11(13)3/h5-7,14,16H,4,8H2,1-3H3,(H,18,21). The predicted octanol–water partition coefficient (Wildman–Crippen LogP) is 1.74. The first-order chi connectivity index (χ1) is 10.5. The van der Waals surface area contributed by atoms with Crippen molar-refractivity contribution in [3.8, 4) is 0 Å². The van der Waals surface area contributed by atoms with Gasteiger partial charge in [0.05, 0.1) is 24.1 Å². The Morgan fingerprint density at radius 1 is 1.50 bits per heavy atom. The monoisotopic (exact) mass is 301 g/mol. The molecule has 7 nitrogen and oxygen atoms in total. The van der Waals surface area contributed by atoms with E-state index in [9.17, 15) is 4.79 Å². The number of nitrogens with one attached hydrogen (secondary N) is 2. The number of carbonyl (C=O) groups excluding carboxylic acids is 1. The fourth-order valence-electron chi connectivity index (χ4n) is 2.48. The third-order valence-corrected chi connectivity index (χ3v) is 3.78. The van der Waals surface area contributed by atoms with Gasteiger partial charge in [-0.2, -0.15) is 5.10 Å². The molecule has 3 rings (SSSR count). The van der Waals surface area contributed by atoms with E-state index in [1.165, 1.54) is 5.57 Å². The molecule has 1 aliphatic rings. The van der Waals surface area contributed by atoms with Crippen molar-refractivity contribution in [1.29, 1.82) is 0 Å². The van der Waals surface area contributed by atoms with Crippen LogP contribution in [0.15, 0.2) is 28.7 Å². The Labute approximate surface area is 128 Å². The highest BCUT2D eigenvalue weighted by molar-refractivity contribution is 5.95. The van der Waals surface area contributed by atoms with Gasteiger partial charge in [-0.15, -0.1) is 0 Å². The number of amides is 1. The molecule has 0 saturated heterocycles. The lowest BCUT2D eigenvalue weighted by molar-refractivity contribution is -0.117. The highest BCUT2D eigenvalue weighted by Gasteiger charge is 2.22. The SMILES string of the molecule is CC1=CNC(C(=O)Nc2cnn(Cc3c(C)noc3C)c2)C1. The van der Waals surface area contributed by atoms with Crippen molar-refractivity contribution in [3.05, 3.63) is 41.2 Å². The molecule has 116 valence electrons. The third-order valence-electron chi connectivity index (χ3n) is 3.78. The molecule has 0 aromatic carbocycles. The molecule has 1 unspecified atom stereocenters. The van der Waals surface area contributed by atoms with E-state index in [-0.39, 0.29) is 11.9 Å². The van der Waals surface area contributed by atoms with Crippen LogP contribution in [0.3, 0.4) is 0 Å². The van der Waals surface area contributed by atoms with Gasteiger partial charge in [0.15, 0.2) is 0 Å². The Balaban J connectivity index is 1.63. The molecule has 2 aromatic rings. The van der Waals surface area contributed by atoms with E-state index in [2.05, 4.69) is 20.9 Å². The Kier molecular flexibility index (Phi) is 3.70. The maximum atomic E-state index is 12.1. The fraction of sp³-hybridized carbons (Fsp3) is 0.400. The second kappa shape index (κ2) is 5.67. The second-order valence-corrected chi connectivity index (χ2v) is 5.63. The first kappa shape index (κ1) is 14.4. The lowest BCUT2D eigenvalue weighted by Crippen LogP contribution is -2.34. The van der Waals surface area contributed by atoms with Crippen LogP contribution < -0.4 is 10.6 Å². The summed E-state index contributed by atoms with van der Waals surface area (Å²) in [7, 11) is 0. The minimum Gasteiger partial charge on any atom is -0.379 e. The third kappa shape index (κ3) is 2.88. The minimum atomic E-state index is -0.203. The van der Waals surface area contributed by atoms with Crippen LogP contribution in [0.2, 0.25) is 0 Å². The van der Waals surface area contributed by atoms with Crippen LogP contribution in [-0.4, -0.2) is 26.9 Å². The summed E-state index contributed by atoms with van der Waals surface area (Å²) in [5.41, 5.74) is 3.73. The summed E-state index contributed by atoms with van der Waals surface area (Å²) in [6.07, 6.45) is 6.06. The Morgan fingerprint density at radius 3 is 2.95 bits per heavy atom. The predicted molar refractivity (Wildman–Crippen MR) is 81.2 cm³/mol. The number of rotatable bonds is 4. The minimum absolute atomic E-state index is 0.0509. The molecule has 1 atom stereocenters. The van der Waals surface area contributed by atoms with Crippen LogP contribution in [-0.2, 0) is 11.3 Å². The topological polar surface area (TPSA) is 85.0 Å². The number of hydrogen-bond donors (Lipinski definition) is 2. The van der Waals surface area contributed by atoms with E-state index in [4.69, 9.17) is 4.52 Å². The normalized spacial score (nSPS) is 17.2. The van der Waals surface area contributed by atoms with E-state index in [1.54, 1.807) is 17.1 Å². The largest absolute Gasteiger partial charge is 0.379 e. The maximum Gasteiger partial charge on any atom is 0.247 e. The summed E-state index contributed by atoms with van der Waals surface area (Å²) >= 11 is 0. The first-order valence-corrected chi connectivity index (χ1v) is 7.19. The highest BCUT2D eigenvalue weighted by Crippen LogP contribution is 2.16. The highest BCUT2D eigenvalue weighted by atomic mass is 16.5. The lowest BCUT2D eigenvalue weighted by Gasteiger charge is -2.10. The number of aryl methyl sites for hydroxylation is 2. The van der Waals surface area contributed by atoms with Crippen molar-refractivity contribution < 1.29 is 9.32 Å². The number of carbonyl (C=O) groups is 1. The summed E-state index contributed by atoms with van der Waals surface area (Å²) in [4.78, 5) is 12.1. The van der Waals surface area contributed by atoms with Crippen molar-refractivity contribution in [3.63, 3.8) is 0 Å². The molecule has 2 aromatic heterocycles. The maximum absolute atomic E-state index is 12.1. The van der Waals surface area contributed by atoms with Crippen molar-refractivity contribution >= 4 is 11.6 Å². The van der Waals surface area contributed by atoms with Crippen LogP contribution >= 0.6 is 0 Å². The van der Waals surface area contributed by atoms with Gasteiger partial charge < -0.3 is 15.2 Å². The molecule has 0 bridgehead atoms. The Bertz CT molecular complexity index is 709. The summed E-state index contributed by atoms with van der Waals surface area (Å²) in [6.45, 7) is 6.35. The van der Waals surface area contributed by atoms with Crippen molar-refractivity contribution in [2.24, 2.45) is 0 Å². The van der Waals surface area contributed by atoms with Gasteiger partial charge in [-0.25, -0.2) is 0 Å². The van der Waals surface area contributed by atoms with Crippen LogP contribution in [0.1, 0.15) is 30.4 Å². The van der Waals surface area contributed by atoms with E-state index >= 15 is 0 Å². The van der Waals surface area contributed by atoms with Gasteiger partial charge in [0, 0.05) is 11.8 Å². The first-order valence-electron chi connectivity index (χ1n) is 7.19. The molecule has 7 heteroatoms. The second-order valence-electron chi connectivity index (χ2n) is 5.63. The van der Waals surface area contributed by atoms with E-state index in [1.807, 2.05) is 27.0 Å². The lowest BCUT2D eigenvalue weighted by atomic mass is 10.1. The van der Waals surface area contributed by atoms with Crippen molar-refractivity contribution in [1.82, 2.24) is 20.3 Å². The molecule has 1 amide bonds. The summed E-state index contributed by atoms with van der Waals surface area (Å²) in [5.74, 6) is 0.736. The quantitative estimate of drug-likeness (QED) is 0.898. The zero-order chi connectivity index (χ0) is 15.7. The van der Waals surface area contributed by atoms with Crippen LogP contribution in [0, 0.1) is 13.8 Å². The zero-order valence-electron chi connectivity index (χ0n) is 12.9. The van der Waals surface area contributed by atoms with Crippen LogP contribution in [0.5, 0.6) is 0 Å². The molecule has 0 aliphatic carbocycles. The Hall–Kier alpha value is -2.57. The molecule has 22 heavy (non-hydrogen) atoms. The zero-order valence-corrected chi connectivity index (χ0v) is 12.9. The van der Waals surface area contributed by atoms with Crippen LogP contribution in [0.25, 0.3) is 0 Å². The van der Waals surface area contributed by atoms with E-state index < -0.39 is 0 Å². The summed E-state index contributed by atoms with van der Waals surface area (Å²) < 4.78 is 6.90. The number of aromatic nitrogens is 3.